The normalized spacial score (nSPS) is 23.4. The summed E-state index contributed by atoms with van der Waals surface area (Å²) < 4.78 is 5.53. The van der Waals surface area contributed by atoms with Gasteiger partial charge in [-0.2, -0.15) is 0 Å². The first kappa shape index (κ1) is 12.4. The minimum atomic E-state index is 0.491. The molecule has 3 nitrogen and oxygen atoms in total. The first-order valence-electron chi connectivity index (χ1n) is 6.47. The third-order valence-electron chi connectivity index (χ3n) is 3.29. The van der Waals surface area contributed by atoms with Crippen LogP contribution < -0.4 is 11.1 Å². The molecule has 0 heterocycles. The van der Waals surface area contributed by atoms with Crippen LogP contribution in [0.2, 0.25) is 0 Å². The first-order chi connectivity index (χ1) is 8.28. The molecule has 94 valence electrons. The maximum absolute atomic E-state index is 5.74. The summed E-state index contributed by atoms with van der Waals surface area (Å²) in [6.07, 6.45) is 3.85. The van der Waals surface area contributed by atoms with E-state index in [4.69, 9.17) is 10.5 Å². The lowest BCUT2D eigenvalue weighted by Crippen LogP contribution is -2.46. The van der Waals surface area contributed by atoms with Crippen molar-refractivity contribution in [3.8, 4) is 0 Å². The van der Waals surface area contributed by atoms with Crippen LogP contribution in [0.3, 0.4) is 0 Å². The minimum Gasteiger partial charge on any atom is -0.399 e. The van der Waals surface area contributed by atoms with Gasteiger partial charge in [-0.15, -0.1) is 0 Å². The number of nitrogens with one attached hydrogen (secondary N) is 1. The van der Waals surface area contributed by atoms with Crippen molar-refractivity contribution in [1.29, 1.82) is 0 Å². The summed E-state index contributed by atoms with van der Waals surface area (Å²) in [6.45, 7) is 3.91. The van der Waals surface area contributed by atoms with Gasteiger partial charge in [0, 0.05) is 18.3 Å². The van der Waals surface area contributed by atoms with Crippen molar-refractivity contribution in [2.24, 2.45) is 0 Å². The van der Waals surface area contributed by atoms with E-state index in [9.17, 15) is 0 Å². The van der Waals surface area contributed by atoms with Crippen molar-refractivity contribution in [1.82, 2.24) is 5.32 Å². The van der Waals surface area contributed by atoms with E-state index < -0.39 is 0 Å². The van der Waals surface area contributed by atoms with Gasteiger partial charge < -0.3 is 15.8 Å². The number of ether oxygens (including phenoxy) is 1. The van der Waals surface area contributed by atoms with Crippen LogP contribution in [0.25, 0.3) is 0 Å². The van der Waals surface area contributed by atoms with E-state index in [0.717, 1.165) is 38.1 Å². The molecule has 0 radical (unpaired) electrons. The zero-order valence-electron chi connectivity index (χ0n) is 10.5. The molecule has 1 aliphatic carbocycles. The predicted molar refractivity (Wildman–Crippen MR) is 71.0 cm³/mol. The average molecular weight is 234 g/mol. The third kappa shape index (κ3) is 3.72. The Morgan fingerprint density at radius 1 is 1.41 bits per heavy atom. The van der Waals surface area contributed by atoms with Crippen LogP contribution in [0, 0.1) is 0 Å². The van der Waals surface area contributed by atoms with Crippen LogP contribution in [-0.4, -0.2) is 25.3 Å². The molecule has 0 aromatic heterocycles. The number of nitrogen functional groups attached to an aromatic ring is 1. The van der Waals surface area contributed by atoms with Gasteiger partial charge in [0.15, 0.2) is 0 Å². The van der Waals surface area contributed by atoms with Gasteiger partial charge in [-0.25, -0.2) is 0 Å². The van der Waals surface area contributed by atoms with Gasteiger partial charge in [0.1, 0.15) is 0 Å². The highest BCUT2D eigenvalue weighted by Gasteiger charge is 2.28. The Hall–Kier alpha value is -1.06. The number of nitrogens with two attached hydrogens (primary N) is 1. The molecule has 1 aromatic rings. The van der Waals surface area contributed by atoms with Gasteiger partial charge >= 0.3 is 0 Å². The fraction of sp³-hybridized carbons (Fsp3) is 0.571. The van der Waals surface area contributed by atoms with Crippen LogP contribution in [0.5, 0.6) is 0 Å². The summed E-state index contributed by atoms with van der Waals surface area (Å²) in [4.78, 5) is 0. The molecule has 17 heavy (non-hydrogen) atoms. The lowest BCUT2D eigenvalue weighted by atomic mass is 9.89. The summed E-state index contributed by atoms with van der Waals surface area (Å²) in [5.74, 6) is 0. The Kier molecular flexibility index (Phi) is 4.40. The summed E-state index contributed by atoms with van der Waals surface area (Å²) in [5.41, 5.74) is 7.90. The predicted octanol–water partition coefficient (Wildman–Crippen LogP) is 1.97. The van der Waals surface area contributed by atoms with E-state index in [-0.39, 0.29) is 0 Å². The lowest BCUT2D eigenvalue weighted by Gasteiger charge is -2.35. The van der Waals surface area contributed by atoms with E-state index in [1.54, 1.807) is 0 Å². The molecule has 2 rings (SSSR count). The molecule has 1 fully saturated rings. The number of hydrogen-bond acceptors (Lipinski definition) is 3. The maximum atomic E-state index is 5.74. The molecule has 0 amide bonds. The van der Waals surface area contributed by atoms with Crippen LogP contribution in [0.4, 0.5) is 5.69 Å². The summed E-state index contributed by atoms with van der Waals surface area (Å²) >= 11 is 0. The Balaban J connectivity index is 1.61. The second-order valence-corrected chi connectivity index (χ2v) is 4.69. The summed E-state index contributed by atoms with van der Waals surface area (Å²) in [7, 11) is 0. The molecule has 1 saturated carbocycles. The Morgan fingerprint density at radius 2 is 2.24 bits per heavy atom. The monoisotopic (exact) mass is 234 g/mol. The smallest absolute Gasteiger partial charge is 0.0604 e. The van der Waals surface area contributed by atoms with Gasteiger partial charge in [0.2, 0.25) is 0 Å². The topological polar surface area (TPSA) is 47.3 Å². The van der Waals surface area contributed by atoms with E-state index in [2.05, 4.69) is 18.3 Å². The summed E-state index contributed by atoms with van der Waals surface area (Å²) in [6, 6.07) is 8.76. The second kappa shape index (κ2) is 6.03. The van der Waals surface area contributed by atoms with Crippen LogP contribution in [-0.2, 0) is 11.2 Å². The zero-order valence-corrected chi connectivity index (χ0v) is 10.5. The Morgan fingerprint density at radius 3 is 2.94 bits per heavy atom. The molecule has 3 N–H and O–H groups in total. The van der Waals surface area contributed by atoms with Gasteiger partial charge in [0.25, 0.3) is 0 Å². The third-order valence-corrected chi connectivity index (χ3v) is 3.29. The van der Waals surface area contributed by atoms with Gasteiger partial charge in [-0.1, -0.05) is 12.1 Å². The highest BCUT2D eigenvalue weighted by Crippen LogP contribution is 2.23. The molecule has 1 aliphatic rings. The maximum Gasteiger partial charge on any atom is 0.0604 e. The SMILES string of the molecule is CCOC1CC(NCCc2cccc(N)c2)C1. The lowest BCUT2D eigenvalue weighted by molar-refractivity contribution is -0.00960. The Bertz CT molecular complexity index is 348. The van der Waals surface area contributed by atoms with E-state index in [1.165, 1.54) is 5.56 Å². The molecule has 0 unspecified atom stereocenters. The Labute approximate surface area is 103 Å². The van der Waals surface area contributed by atoms with Crippen LogP contribution in [0.15, 0.2) is 24.3 Å². The van der Waals surface area contributed by atoms with E-state index >= 15 is 0 Å². The number of anilines is 1. The zero-order chi connectivity index (χ0) is 12.1. The minimum absolute atomic E-state index is 0.491. The molecule has 0 spiro atoms. The number of hydrogen-bond donors (Lipinski definition) is 2. The molecule has 1 aromatic carbocycles. The second-order valence-electron chi connectivity index (χ2n) is 4.69. The van der Waals surface area contributed by atoms with Crippen molar-refractivity contribution < 1.29 is 4.74 Å². The number of rotatable bonds is 6. The highest BCUT2D eigenvalue weighted by molar-refractivity contribution is 5.40. The average Bonchev–Trinajstić information content (AvgIpc) is 2.26. The molecule has 0 atom stereocenters. The standard InChI is InChI=1S/C14H22N2O/c1-2-17-14-9-13(10-14)16-7-6-11-4-3-5-12(15)8-11/h3-5,8,13-14,16H,2,6-7,9-10,15H2,1H3. The van der Waals surface area contributed by atoms with Gasteiger partial charge in [-0.3, -0.25) is 0 Å². The molecule has 0 aliphatic heterocycles. The van der Waals surface area contributed by atoms with Crippen molar-refractivity contribution in [3.63, 3.8) is 0 Å². The molecular formula is C14H22N2O. The van der Waals surface area contributed by atoms with Gasteiger partial charge in [0.05, 0.1) is 6.10 Å². The fourth-order valence-electron chi connectivity index (χ4n) is 2.27. The molecule has 3 heteroatoms. The van der Waals surface area contributed by atoms with Crippen LogP contribution in [0.1, 0.15) is 25.3 Å². The van der Waals surface area contributed by atoms with E-state index in [1.807, 2.05) is 18.2 Å². The van der Waals surface area contributed by atoms with Crippen molar-refractivity contribution in [3.05, 3.63) is 29.8 Å². The molecular weight excluding hydrogens is 212 g/mol. The van der Waals surface area contributed by atoms with Crippen molar-refractivity contribution >= 4 is 5.69 Å². The van der Waals surface area contributed by atoms with Crippen LogP contribution >= 0.6 is 0 Å². The fourth-order valence-corrected chi connectivity index (χ4v) is 2.27. The quantitative estimate of drug-likeness (QED) is 0.740. The largest absolute Gasteiger partial charge is 0.399 e. The van der Waals surface area contributed by atoms with Crippen molar-refractivity contribution in [2.45, 2.75) is 38.3 Å². The first-order valence-corrected chi connectivity index (χ1v) is 6.47. The summed E-state index contributed by atoms with van der Waals surface area (Å²) in [5, 5.41) is 3.55. The highest BCUT2D eigenvalue weighted by atomic mass is 16.5. The van der Waals surface area contributed by atoms with E-state index in [0.29, 0.717) is 12.1 Å². The molecule has 0 saturated heterocycles. The molecule has 0 bridgehead atoms. The van der Waals surface area contributed by atoms with Crippen molar-refractivity contribution in [2.75, 3.05) is 18.9 Å². The number of benzene rings is 1. The van der Waals surface area contributed by atoms with Gasteiger partial charge in [-0.05, 0) is 50.4 Å².